The minimum atomic E-state index is 0.168. The molecule has 3 unspecified atom stereocenters. The number of ether oxygens (including phenoxy) is 5. The van der Waals surface area contributed by atoms with Gasteiger partial charge in [-0.25, -0.2) is 0 Å². The predicted octanol–water partition coefficient (Wildman–Crippen LogP) is 4.92. The molecule has 12 atom stereocenters. The molecule has 3 rings (SSSR count). The molecule has 0 aliphatic carbocycles. The van der Waals surface area contributed by atoms with Crippen molar-refractivity contribution >= 4 is 0 Å². The molecule has 0 aromatic carbocycles. The van der Waals surface area contributed by atoms with Gasteiger partial charge in [0.2, 0.25) is 0 Å². The first kappa shape index (κ1) is 26.4. The topological polar surface area (TPSA) is 46.2 Å². The fourth-order valence-electron chi connectivity index (χ4n) is 5.66. The summed E-state index contributed by atoms with van der Waals surface area (Å²) in [7, 11) is 0. The van der Waals surface area contributed by atoms with Crippen molar-refractivity contribution in [2.75, 3.05) is 46.2 Å². The second-order valence-electron chi connectivity index (χ2n) is 11.5. The van der Waals surface area contributed by atoms with Crippen LogP contribution in [0, 0.1) is 53.3 Å². The van der Waals surface area contributed by atoms with Gasteiger partial charge in [-0.2, -0.15) is 0 Å². The Morgan fingerprint density at radius 3 is 1.56 bits per heavy atom. The lowest BCUT2D eigenvalue weighted by molar-refractivity contribution is -0.149. The van der Waals surface area contributed by atoms with E-state index < -0.39 is 0 Å². The Balaban J connectivity index is 1.36. The third-order valence-corrected chi connectivity index (χ3v) is 9.68. The Kier molecular flexibility index (Phi) is 9.88. The third kappa shape index (κ3) is 6.27. The number of hydrogen-bond acceptors (Lipinski definition) is 5. The third-order valence-electron chi connectivity index (χ3n) is 9.68. The van der Waals surface area contributed by atoms with Crippen LogP contribution in [0.2, 0.25) is 0 Å². The van der Waals surface area contributed by atoms with Crippen molar-refractivity contribution in [2.24, 2.45) is 53.3 Å². The normalized spacial score (nSPS) is 48.0. The van der Waals surface area contributed by atoms with Crippen molar-refractivity contribution in [3.63, 3.8) is 0 Å². The largest absolute Gasteiger partial charge is 0.378 e. The molecule has 0 bridgehead atoms. The maximum atomic E-state index is 6.25. The lowest BCUT2D eigenvalue weighted by Gasteiger charge is -2.41. The van der Waals surface area contributed by atoms with Crippen LogP contribution in [0.15, 0.2) is 0 Å². The zero-order valence-electron chi connectivity index (χ0n) is 21.9. The van der Waals surface area contributed by atoms with E-state index in [9.17, 15) is 0 Å². The van der Waals surface area contributed by atoms with Crippen LogP contribution in [0.4, 0.5) is 0 Å². The first-order valence-corrected chi connectivity index (χ1v) is 13.2. The smallest absolute Gasteiger partial charge is 0.0836 e. The molecule has 5 nitrogen and oxygen atoms in total. The first-order valence-electron chi connectivity index (χ1n) is 13.2. The van der Waals surface area contributed by atoms with Gasteiger partial charge in [0.15, 0.2) is 0 Å². The molecule has 3 aliphatic rings. The summed E-state index contributed by atoms with van der Waals surface area (Å²) in [6.45, 7) is 23.7. The molecule has 3 aliphatic heterocycles. The molecule has 0 aromatic heterocycles. The molecule has 188 valence electrons. The minimum Gasteiger partial charge on any atom is -0.378 e. The van der Waals surface area contributed by atoms with E-state index in [4.69, 9.17) is 23.7 Å². The zero-order chi connectivity index (χ0) is 23.4. The average molecular weight is 455 g/mol. The van der Waals surface area contributed by atoms with Gasteiger partial charge in [0.25, 0.3) is 0 Å². The van der Waals surface area contributed by atoms with Crippen molar-refractivity contribution in [1.29, 1.82) is 0 Å². The van der Waals surface area contributed by atoms with Gasteiger partial charge < -0.3 is 23.7 Å². The highest BCUT2D eigenvalue weighted by molar-refractivity contribution is 4.84. The van der Waals surface area contributed by atoms with Crippen molar-refractivity contribution in [2.45, 2.75) is 73.7 Å². The van der Waals surface area contributed by atoms with E-state index in [0.29, 0.717) is 72.6 Å². The van der Waals surface area contributed by atoms with Gasteiger partial charge in [-0.1, -0.05) is 48.5 Å². The lowest BCUT2D eigenvalue weighted by Crippen LogP contribution is -2.45. The number of hydrogen-bond donors (Lipinski definition) is 0. The molecular formula is C27H50O5. The van der Waals surface area contributed by atoms with Gasteiger partial charge in [-0.15, -0.1) is 0 Å². The standard InChI is InChI=1S/C27H50O5/c1-16-9-31-26(21(6)17(16)2)14-29-11-25-13-32-27(22(7)20(25)5)15-28-10-24-12-30-23(8)18(3)19(24)4/h16-27H,9-15H2,1-8H3/t16-,17-,18?,19+,20+,21?,22?,23+,24-,25-,26+,27+/m1/s1. The van der Waals surface area contributed by atoms with Crippen LogP contribution in [-0.2, 0) is 23.7 Å². The summed E-state index contributed by atoms with van der Waals surface area (Å²) in [5, 5.41) is 0. The second-order valence-corrected chi connectivity index (χ2v) is 11.5. The van der Waals surface area contributed by atoms with Gasteiger partial charge in [-0.3, -0.25) is 0 Å². The SMILES string of the molecule is CC1[C@H](C)OC[C@@H](COC[C@@H]2OC[C@@H](COC[C@@H]3OC[C@@H](C)[C@@H](C)C3C)[C@@H](C)C2C)[C@H]1C. The van der Waals surface area contributed by atoms with Crippen LogP contribution in [-0.4, -0.2) is 64.6 Å². The summed E-state index contributed by atoms with van der Waals surface area (Å²) in [5.41, 5.74) is 0. The molecule has 3 saturated heterocycles. The van der Waals surface area contributed by atoms with Gasteiger partial charge in [0.05, 0.1) is 58.0 Å². The molecule has 0 radical (unpaired) electrons. The minimum absolute atomic E-state index is 0.168. The first-order chi connectivity index (χ1) is 15.2. The maximum Gasteiger partial charge on any atom is 0.0836 e. The summed E-state index contributed by atoms with van der Waals surface area (Å²) in [6.07, 6.45) is 0.737. The van der Waals surface area contributed by atoms with E-state index in [1.54, 1.807) is 0 Å². The molecule has 3 fully saturated rings. The van der Waals surface area contributed by atoms with E-state index in [2.05, 4.69) is 55.4 Å². The molecule has 0 amide bonds. The monoisotopic (exact) mass is 454 g/mol. The van der Waals surface area contributed by atoms with Crippen molar-refractivity contribution in [3.05, 3.63) is 0 Å². The van der Waals surface area contributed by atoms with E-state index >= 15 is 0 Å². The Morgan fingerprint density at radius 1 is 0.500 bits per heavy atom. The van der Waals surface area contributed by atoms with E-state index in [0.717, 1.165) is 33.0 Å². The summed E-state index contributed by atoms with van der Waals surface area (Å²) in [6, 6.07) is 0. The Bertz CT molecular complexity index is 508. The molecule has 3 heterocycles. The highest BCUT2D eigenvalue weighted by atomic mass is 16.5. The van der Waals surface area contributed by atoms with Crippen LogP contribution >= 0.6 is 0 Å². The van der Waals surface area contributed by atoms with Crippen molar-refractivity contribution in [3.8, 4) is 0 Å². The van der Waals surface area contributed by atoms with E-state index in [-0.39, 0.29) is 12.2 Å². The zero-order valence-corrected chi connectivity index (χ0v) is 21.9. The quantitative estimate of drug-likeness (QED) is 0.521. The fourth-order valence-corrected chi connectivity index (χ4v) is 5.66. The van der Waals surface area contributed by atoms with Gasteiger partial charge >= 0.3 is 0 Å². The summed E-state index contributed by atoms with van der Waals surface area (Å²) >= 11 is 0. The van der Waals surface area contributed by atoms with Crippen molar-refractivity contribution < 1.29 is 23.7 Å². The molecule has 0 spiro atoms. The van der Waals surface area contributed by atoms with Crippen LogP contribution in [0.25, 0.3) is 0 Å². The highest BCUT2D eigenvalue weighted by Gasteiger charge is 2.37. The Hall–Kier alpha value is -0.200. The average Bonchev–Trinajstić information content (AvgIpc) is 2.77. The maximum absolute atomic E-state index is 6.25. The highest BCUT2D eigenvalue weighted by Crippen LogP contribution is 2.34. The summed E-state index contributed by atoms with van der Waals surface area (Å²) in [5.74, 6) is 5.00. The predicted molar refractivity (Wildman–Crippen MR) is 128 cm³/mol. The molecule has 0 saturated carbocycles. The Labute approximate surface area is 197 Å². The fraction of sp³-hybridized carbons (Fsp3) is 1.00. The molecule has 0 N–H and O–H groups in total. The van der Waals surface area contributed by atoms with Gasteiger partial charge in [0, 0.05) is 18.4 Å². The van der Waals surface area contributed by atoms with Crippen molar-refractivity contribution in [1.82, 2.24) is 0 Å². The second kappa shape index (κ2) is 12.0. The van der Waals surface area contributed by atoms with Crippen LogP contribution < -0.4 is 0 Å². The van der Waals surface area contributed by atoms with Gasteiger partial charge in [-0.05, 0) is 48.3 Å². The molecule has 5 heteroatoms. The Morgan fingerprint density at radius 2 is 0.969 bits per heavy atom. The molecular weight excluding hydrogens is 404 g/mol. The van der Waals surface area contributed by atoms with E-state index in [1.807, 2.05) is 0 Å². The van der Waals surface area contributed by atoms with Crippen LogP contribution in [0.1, 0.15) is 55.4 Å². The summed E-state index contributed by atoms with van der Waals surface area (Å²) in [4.78, 5) is 0. The van der Waals surface area contributed by atoms with Gasteiger partial charge in [0.1, 0.15) is 0 Å². The van der Waals surface area contributed by atoms with Crippen LogP contribution in [0.5, 0.6) is 0 Å². The molecule has 32 heavy (non-hydrogen) atoms. The van der Waals surface area contributed by atoms with Crippen LogP contribution in [0.3, 0.4) is 0 Å². The summed E-state index contributed by atoms with van der Waals surface area (Å²) < 4.78 is 30.6. The lowest BCUT2D eigenvalue weighted by atomic mass is 9.79. The molecule has 0 aromatic rings. The van der Waals surface area contributed by atoms with E-state index in [1.165, 1.54) is 0 Å². The number of rotatable bonds is 8.